The number of likely N-dealkylation sites (N-methyl/N-ethyl adjacent to an activating group) is 1. The maximum absolute atomic E-state index is 12.7. The monoisotopic (exact) mass is 389 g/mol. The van der Waals surface area contributed by atoms with E-state index < -0.39 is 0 Å². The number of amides is 2. The lowest BCUT2D eigenvalue weighted by molar-refractivity contribution is -0.124. The summed E-state index contributed by atoms with van der Waals surface area (Å²) < 4.78 is 5.95. The average molecular weight is 390 g/mol. The number of fused-ring (bicyclic) bond motifs is 1. The zero-order valence-electron chi connectivity index (χ0n) is 13.1. The number of anilines is 2. The predicted molar refractivity (Wildman–Crippen MR) is 94.3 cm³/mol. The van der Waals surface area contributed by atoms with Crippen molar-refractivity contribution < 1.29 is 14.3 Å². The highest BCUT2D eigenvalue weighted by Crippen LogP contribution is 2.31. The van der Waals surface area contributed by atoms with Gasteiger partial charge >= 0.3 is 0 Å². The minimum atomic E-state index is -0.287. The van der Waals surface area contributed by atoms with Crippen molar-refractivity contribution in [2.24, 2.45) is 0 Å². The van der Waals surface area contributed by atoms with Crippen LogP contribution in [0.2, 0.25) is 0 Å². The molecule has 0 spiro atoms. The maximum atomic E-state index is 12.7. The van der Waals surface area contributed by atoms with Gasteiger partial charge < -0.3 is 9.64 Å². The number of carbonyl (C=O) groups excluding carboxylic acids is 2. The average Bonchev–Trinajstić information content (AvgIpc) is 2.59. The van der Waals surface area contributed by atoms with Crippen LogP contribution in [-0.2, 0) is 9.59 Å². The highest BCUT2D eigenvalue weighted by molar-refractivity contribution is 9.10. The second-order valence-corrected chi connectivity index (χ2v) is 6.01. The highest BCUT2D eigenvalue weighted by Gasteiger charge is 2.30. The number of rotatable bonds is 4. The molecule has 2 aromatic rings. The Bertz CT molecular complexity index is 767. The molecule has 0 aliphatic carbocycles. The first-order valence-corrected chi connectivity index (χ1v) is 8.34. The van der Waals surface area contributed by atoms with Crippen LogP contribution in [0.5, 0.6) is 5.75 Å². The quantitative estimate of drug-likeness (QED) is 0.754. The highest BCUT2D eigenvalue weighted by atomic mass is 79.9. The minimum absolute atomic E-state index is 0.0820. The first-order chi connectivity index (χ1) is 11.6. The number of benzene rings is 1. The molecule has 0 saturated heterocycles. The Balaban J connectivity index is 1.86. The number of hydrogen-bond acceptors (Lipinski definition) is 4. The lowest BCUT2D eigenvalue weighted by atomic mass is 10.2. The Kier molecular flexibility index (Phi) is 4.80. The molecule has 0 unspecified atom stereocenters. The standard InChI is InChI=1S/C17H16BrN3O3/c1-2-20(12-6-4-3-5-7-12)15(22)10-21-16(23)11-24-13-8-9-14(18)19-17(13)21/h3-9H,2,10-11H2,1H3. The molecule has 1 aliphatic rings. The van der Waals surface area contributed by atoms with E-state index in [-0.39, 0.29) is 25.0 Å². The van der Waals surface area contributed by atoms with Gasteiger partial charge in [0.15, 0.2) is 18.2 Å². The third kappa shape index (κ3) is 3.26. The van der Waals surface area contributed by atoms with Gasteiger partial charge in [0.25, 0.3) is 5.91 Å². The largest absolute Gasteiger partial charge is 0.480 e. The number of pyridine rings is 1. The zero-order chi connectivity index (χ0) is 17.1. The van der Waals surface area contributed by atoms with Gasteiger partial charge in [0.1, 0.15) is 11.1 Å². The molecule has 2 amide bonds. The van der Waals surface area contributed by atoms with Crippen LogP contribution in [0.1, 0.15) is 6.92 Å². The van der Waals surface area contributed by atoms with Crippen molar-refractivity contribution in [3.8, 4) is 5.75 Å². The summed E-state index contributed by atoms with van der Waals surface area (Å²) in [4.78, 5) is 32.3. The predicted octanol–water partition coefficient (Wildman–Crippen LogP) is 2.62. The second kappa shape index (κ2) is 7.00. The lowest BCUT2D eigenvalue weighted by Gasteiger charge is -2.30. The van der Waals surface area contributed by atoms with Gasteiger partial charge in [-0.2, -0.15) is 0 Å². The van der Waals surface area contributed by atoms with E-state index in [1.165, 1.54) is 4.90 Å². The Labute approximate surface area is 148 Å². The topological polar surface area (TPSA) is 62.7 Å². The molecule has 1 aliphatic heterocycles. The van der Waals surface area contributed by atoms with Crippen LogP contribution in [0, 0.1) is 0 Å². The van der Waals surface area contributed by atoms with Gasteiger partial charge in [-0.25, -0.2) is 4.98 Å². The molecule has 6 nitrogen and oxygen atoms in total. The van der Waals surface area contributed by atoms with Crippen molar-refractivity contribution in [2.45, 2.75) is 6.92 Å². The number of ether oxygens (including phenoxy) is 1. The summed E-state index contributed by atoms with van der Waals surface area (Å²) >= 11 is 3.28. The molecule has 0 N–H and O–H groups in total. The summed E-state index contributed by atoms with van der Waals surface area (Å²) in [5.74, 6) is 0.392. The number of para-hydroxylation sites is 1. The van der Waals surface area contributed by atoms with Crippen LogP contribution >= 0.6 is 15.9 Å². The van der Waals surface area contributed by atoms with Gasteiger partial charge in [0.05, 0.1) is 0 Å². The number of nitrogens with zero attached hydrogens (tertiary/aromatic N) is 3. The summed E-state index contributed by atoms with van der Waals surface area (Å²) in [6, 6.07) is 12.8. The van der Waals surface area contributed by atoms with E-state index in [0.717, 1.165) is 5.69 Å². The number of halogens is 1. The number of hydrogen-bond donors (Lipinski definition) is 0. The van der Waals surface area contributed by atoms with Crippen LogP contribution in [-0.4, -0.2) is 36.5 Å². The number of carbonyl (C=O) groups is 2. The summed E-state index contributed by atoms with van der Waals surface area (Å²) in [6.07, 6.45) is 0. The van der Waals surface area contributed by atoms with Crippen LogP contribution in [0.15, 0.2) is 47.1 Å². The Morgan fingerprint density at radius 1 is 1.29 bits per heavy atom. The molecule has 7 heteroatoms. The minimum Gasteiger partial charge on any atom is -0.480 e. The fourth-order valence-electron chi connectivity index (χ4n) is 2.55. The molecule has 0 saturated carbocycles. The molecular weight excluding hydrogens is 374 g/mol. The van der Waals surface area contributed by atoms with Gasteiger partial charge in [0, 0.05) is 12.2 Å². The summed E-state index contributed by atoms with van der Waals surface area (Å²) in [5.41, 5.74) is 0.799. The molecule has 0 fully saturated rings. The van der Waals surface area contributed by atoms with Crippen molar-refractivity contribution >= 4 is 39.2 Å². The Morgan fingerprint density at radius 3 is 2.75 bits per heavy atom. The van der Waals surface area contributed by atoms with E-state index in [1.807, 2.05) is 37.3 Å². The molecule has 0 atom stereocenters. The van der Waals surface area contributed by atoms with Gasteiger partial charge in [-0.3, -0.25) is 14.5 Å². The number of aromatic nitrogens is 1. The van der Waals surface area contributed by atoms with Crippen molar-refractivity contribution in [1.29, 1.82) is 0 Å². The van der Waals surface area contributed by atoms with Crippen LogP contribution < -0.4 is 14.5 Å². The first kappa shape index (κ1) is 16.4. The SMILES string of the molecule is CCN(C(=O)CN1C(=O)COc2ccc(Br)nc21)c1ccccc1. The van der Waals surface area contributed by atoms with E-state index in [2.05, 4.69) is 20.9 Å². The summed E-state index contributed by atoms with van der Waals surface area (Å²) in [7, 11) is 0. The van der Waals surface area contributed by atoms with Crippen molar-refractivity contribution in [1.82, 2.24) is 4.98 Å². The fourth-order valence-corrected chi connectivity index (χ4v) is 2.85. The van der Waals surface area contributed by atoms with E-state index in [0.29, 0.717) is 22.7 Å². The fraction of sp³-hybridized carbons (Fsp3) is 0.235. The Morgan fingerprint density at radius 2 is 2.04 bits per heavy atom. The van der Waals surface area contributed by atoms with Crippen molar-refractivity contribution in [3.05, 3.63) is 47.1 Å². The van der Waals surface area contributed by atoms with Crippen LogP contribution in [0.3, 0.4) is 0 Å². The first-order valence-electron chi connectivity index (χ1n) is 7.55. The molecule has 1 aromatic heterocycles. The van der Waals surface area contributed by atoms with E-state index in [4.69, 9.17) is 4.74 Å². The van der Waals surface area contributed by atoms with Crippen LogP contribution in [0.4, 0.5) is 11.5 Å². The Hall–Kier alpha value is -2.41. The second-order valence-electron chi connectivity index (χ2n) is 5.20. The molecule has 0 bridgehead atoms. The van der Waals surface area contributed by atoms with E-state index >= 15 is 0 Å². The molecular formula is C17H16BrN3O3. The lowest BCUT2D eigenvalue weighted by Crippen LogP contribution is -2.47. The molecule has 124 valence electrons. The molecule has 0 radical (unpaired) electrons. The van der Waals surface area contributed by atoms with E-state index in [1.54, 1.807) is 17.0 Å². The smallest absolute Gasteiger partial charge is 0.266 e. The maximum Gasteiger partial charge on any atom is 0.266 e. The van der Waals surface area contributed by atoms with Gasteiger partial charge in [0.2, 0.25) is 5.91 Å². The van der Waals surface area contributed by atoms with Crippen molar-refractivity contribution in [2.75, 3.05) is 29.5 Å². The molecule has 3 rings (SSSR count). The summed E-state index contributed by atoms with van der Waals surface area (Å²) in [6.45, 7) is 2.23. The summed E-state index contributed by atoms with van der Waals surface area (Å²) in [5, 5.41) is 0. The third-order valence-corrected chi connectivity index (χ3v) is 4.13. The van der Waals surface area contributed by atoms with Gasteiger partial charge in [-0.05, 0) is 47.1 Å². The third-order valence-electron chi connectivity index (χ3n) is 3.69. The van der Waals surface area contributed by atoms with Crippen molar-refractivity contribution in [3.63, 3.8) is 0 Å². The molecule has 1 aromatic carbocycles. The molecule has 2 heterocycles. The van der Waals surface area contributed by atoms with Gasteiger partial charge in [-0.1, -0.05) is 18.2 Å². The van der Waals surface area contributed by atoms with Crippen LogP contribution in [0.25, 0.3) is 0 Å². The molecule has 24 heavy (non-hydrogen) atoms. The normalized spacial score (nSPS) is 13.2. The zero-order valence-corrected chi connectivity index (χ0v) is 14.7. The van der Waals surface area contributed by atoms with E-state index in [9.17, 15) is 9.59 Å². The van der Waals surface area contributed by atoms with Gasteiger partial charge in [-0.15, -0.1) is 0 Å².